The molecule has 7 nitrogen and oxygen atoms in total. The number of hydrogen-bond acceptors (Lipinski definition) is 5. The van der Waals surface area contributed by atoms with E-state index in [1.54, 1.807) is 13.3 Å². The van der Waals surface area contributed by atoms with Crippen LogP contribution >= 0.6 is 0 Å². The third-order valence-electron chi connectivity index (χ3n) is 4.45. The van der Waals surface area contributed by atoms with Gasteiger partial charge in [-0.1, -0.05) is 0 Å². The van der Waals surface area contributed by atoms with Crippen molar-refractivity contribution < 1.29 is 4.74 Å². The second kappa shape index (κ2) is 4.64. The first-order chi connectivity index (χ1) is 11.7. The third-order valence-corrected chi connectivity index (χ3v) is 4.45. The molecule has 0 fully saturated rings. The van der Waals surface area contributed by atoms with Crippen molar-refractivity contribution >= 4 is 16.7 Å². The van der Waals surface area contributed by atoms with Crippen LogP contribution in [0.25, 0.3) is 33.7 Å². The molecule has 0 bridgehead atoms. The van der Waals surface area contributed by atoms with Gasteiger partial charge in [-0.25, -0.2) is 9.97 Å². The Balaban J connectivity index is 1.76. The molecule has 0 N–H and O–H groups in total. The number of nitrogens with zero attached hydrogens (tertiary/aromatic N) is 6. The minimum Gasteiger partial charge on any atom is -0.497 e. The molecule has 0 spiro atoms. The number of fused-ring (bicyclic) bond motifs is 4. The predicted molar refractivity (Wildman–Crippen MR) is 89.6 cm³/mol. The molecule has 24 heavy (non-hydrogen) atoms. The number of rotatable bonds is 2. The predicted octanol–water partition coefficient (Wildman–Crippen LogP) is 3.61. The van der Waals surface area contributed by atoms with E-state index in [9.17, 15) is 0 Å². The highest BCUT2D eigenvalue weighted by molar-refractivity contribution is 5.97. The van der Waals surface area contributed by atoms with Crippen LogP contribution in [0.15, 0.2) is 46.9 Å². The zero-order valence-electron chi connectivity index (χ0n) is 13.3. The van der Waals surface area contributed by atoms with Gasteiger partial charge in [-0.2, -0.15) is 5.11 Å². The SMILES string of the molecule is COc1ccc2c(c1)c(-c1cc3n4c(cnc-3n1)N=NC4)cn2C. The molecule has 3 aliphatic rings. The van der Waals surface area contributed by atoms with Gasteiger partial charge in [0.25, 0.3) is 0 Å². The topological polar surface area (TPSA) is 69.6 Å². The number of benzene rings is 1. The molecule has 0 saturated carbocycles. The molecule has 118 valence electrons. The Morgan fingerprint density at radius 3 is 3.00 bits per heavy atom. The number of methoxy groups -OCH3 is 1. The van der Waals surface area contributed by atoms with Crippen molar-refractivity contribution in [3.63, 3.8) is 0 Å². The smallest absolute Gasteiger partial charge is 0.177 e. The molecular formula is C17H14N6O. The van der Waals surface area contributed by atoms with E-state index >= 15 is 0 Å². The summed E-state index contributed by atoms with van der Waals surface area (Å²) in [5.74, 6) is 2.30. The van der Waals surface area contributed by atoms with E-state index in [2.05, 4.69) is 38.1 Å². The lowest BCUT2D eigenvalue weighted by Gasteiger charge is -2.04. The fourth-order valence-electron chi connectivity index (χ4n) is 3.24. The Bertz CT molecular complexity index is 1090. The Labute approximate surface area is 137 Å². The monoisotopic (exact) mass is 318 g/mol. The second-order valence-corrected chi connectivity index (χ2v) is 5.81. The van der Waals surface area contributed by atoms with Gasteiger partial charge in [0.2, 0.25) is 0 Å². The van der Waals surface area contributed by atoms with Crippen LogP contribution in [0, 0.1) is 0 Å². The lowest BCUT2D eigenvalue weighted by Crippen LogP contribution is -1.99. The van der Waals surface area contributed by atoms with E-state index < -0.39 is 0 Å². The highest BCUT2D eigenvalue weighted by Crippen LogP contribution is 2.36. The van der Waals surface area contributed by atoms with Crippen LogP contribution in [-0.4, -0.2) is 26.2 Å². The summed E-state index contributed by atoms with van der Waals surface area (Å²) in [7, 11) is 3.71. The summed E-state index contributed by atoms with van der Waals surface area (Å²) >= 11 is 0. The molecule has 0 saturated heterocycles. The normalized spacial score (nSPS) is 13.1. The van der Waals surface area contributed by atoms with Crippen molar-refractivity contribution in [3.8, 4) is 28.5 Å². The van der Waals surface area contributed by atoms with Crippen LogP contribution in [-0.2, 0) is 13.7 Å². The van der Waals surface area contributed by atoms with Crippen molar-refractivity contribution in [1.29, 1.82) is 0 Å². The van der Waals surface area contributed by atoms with Crippen molar-refractivity contribution in [3.05, 3.63) is 36.7 Å². The van der Waals surface area contributed by atoms with Gasteiger partial charge in [0.1, 0.15) is 12.4 Å². The zero-order valence-corrected chi connectivity index (χ0v) is 13.3. The number of azo groups is 1. The molecule has 0 amide bonds. The first-order valence-electron chi connectivity index (χ1n) is 7.62. The first-order valence-corrected chi connectivity index (χ1v) is 7.62. The number of hydrogen-bond donors (Lipinski definition) is 0. The van der Waals surface area contributed by atoms with Crippen LogP contribution in [0.5, 0.6) is 5.75 Å². The standard InChI is InChI=1S/C17H14N6O/c1-22-8-12(11-5-10(24-2)3-4-14(11)22)13-6-15-17(20-13)18-7-16-21-19-9-23(15)16/h3-8H,9H2,1-2H3. The highest BCUT2D eigenvalue weighted by Gasteiger charge is 2.21. The highest BCUT2D eigenvalue weighted by atomic mass is 16.5. The van der Waals surface area contributed by atoms with Gasteiger partial charge in [-0.3, -0.25) is 4.57 Å². The zero-order chi connectivity index (χ0) is 16.3. The summed E-state index contributed by atoms with van der Waals surface area (Å²) in [6.07, 6.45) is 3.80. The molecule has 5 rings (SSSR count). The van der Waals surface area contributed by atoms with Crippen LogP contribution in [0.2, 0.25) is 0 Å². The van der Waals surface area contributed by atoms with Crippen molar-refractivity contribution in [2.45, 2.75) is 6.67 Å². The maximum absolute atomic E-state index is 5.37. The molecule has 7 heteroatoms. The molecule has 2 aromatic rings. The lowest BCUT2D eigenvalue weighted by atomic mass is 10.1. The lowest BCUT2D eigenvalue weighted by molar-refractivity contribution is 0.415. The van der Waals surface area contributed by atoms with Crippen molar-refractivity contribution in [1.82, 2.24) is 19.1 Å². The van der Waals surface area contributed by atoms with Crippen LogP contribution in [0.1, 0.15) is 0 Å². The van der Waals surface area contributed by atoms with E-state index in [1.165, 1.54) is 0 Å². The summed E-state index contributed by atoms with van der Waals surface area (Å²) in [5.41, 5.74) is 4.04. The molecule has 3 aliphatic heterocycles. The first kappa shape index (κ1) is 13.2. The van der Waals surface area contributed by atoms with Gasteiger partial charge in [0, 0.05) is 29.7 Å². The van der Waals surface area contributed by atoms with Gasteiger partial charge >= 0.3 is 0 Å². The maximum Gasteiger partial charge on any atom is 0.177 e. The molecule has 0 atom stereocenters. The molecule has 1 aromatic carbocycles. The molecule has 0 unspecified atom stereocenters. The number of aryl methyl sites for hydroxylation is 1. The Morgan fingerprint density at radius 1 is 1.21 bits per heavy atom. The Kier molecular flexibility index (Phi) is 2.56. The average Bonchev–Trinajstić information content (AvgIpc) is 3.30. The van der Waals surface area contributed by atoms with Gasteiger partial charge in [-0.15, -0.1) is 5.11 Å². The summed E-state index contributed by atoms with van der Waals surface area (Å²) in [4.78, 5) is 9.11. The van der Waals surface area contributed by atoms with Crippen molar-refractivity contribution in [2.75, 3.05) is 7.11 Å². The van der Waals surface area contributed by atoms with Crippen molar-refractivity contribution in [2.24, 2.45) is 17.3 Å². The van der Waals surface area contributed by atoms with Gasteiger partial charge in [0.05, 0.1) is 24.7 Å². The second-order valence-electron chi connectivity index (χ2n) is 5.81. The summed E-state index contributed by atoms with van der Waals surface area (Å²) in [5, 5.41) is 9.25. The van der Waals surface area contributed by atoms with E-state index in [-0.39, 0.29) is 0 Å². The number of ether oxygens (including phenoxy) is 1. The van der Waals surface area contributed by atoms with Gasteiger partial charge in [0.15, 0.2) is 11.6 Å². The fourth-order valence-corrected chi connectivity index (χ4v) is 3.24. The maximum atomic E-state index is 5.37. The molecule has 0 aliphatic carbocycles. The molecule has 4 heterocycles. The van der Waals surface area contributed by atoms with Crippen LogP contribution in [0.4, 0.5) is 5.82 Å². The van der Waals surface area contributed by atoms with Crippen LogP contribution < -0.4 is 4.74 Å². The fraction of sp³-hybridized carbons (Fsp3) is 0.176. The van der Waals surface area contributed by atoms with Crippen LogP contribution in [0.3, 0.4) is 0 Å². The molecule has 1 aromatic heterocycles. The minimum absolute atomic E-state index is 0.517. The van der Waals surface area contributed by atoms with Gasteiger partial charge < -0.3 is 9.30 Å². The van der Waals surface area contributed by atoms with E-state index in [0.717, 1.165) is 39.4 Å². The van der Waals surface area contributed by atoms with E-state index in [1.807, 2.05) is 23.7 Å². The quantitative estimate of drug-likeness (QED) is 0.567. The average molecular weight is 318 g/mol. The summed E-state index contributed by atoms with van der Waals surface area (Å²) < 4.78 is 9.49. The van der Waals surface area contributed by atoms with E-state index in [0.29, 0.717) is 12.5 Å². The largest absolute Gasteiger partial charge is 0.497 e. The van der Waals surface area contributed by atoms with Gasteiger partial charge in [-0.05, 0) is 24.3 Å². The van der Waals surface area contributed by atoms with E-state index in [4.69, 9.17) is 9.72 Å². The number of aromatic nitrogens is 4. The Morgan fingerprint density at radius 2 is 2.12 bits per heavy atom. The third kappa shape index (κ3) is 1.72. The Hall–Kier alpha value is -3.22. The minimum atomic E-state index is 0.517. The summed E-state index contributed by atoms with van der Waals surface area (Å²) in [6.45, 7) is 0.517. The molecular weight excluding hydrogens is 304 g/mol. The molecule has 0 radical (unpaired) electrons. The summed E-state index contributed by atoms with van der Waals surface area (Å²) in [6, 6.07) is 8.12.